The number of piperidine rings is 2. The van der Waals surface area contributed by atoms with E-state index in [1.54, 1.807) is 0 Å². The van der Waals surface area contributed by atoms with Crippen LogP contribution in [0.5, 0.6) is 11.5 Å². The molecule has 3 N–H and O–H groups in total. The SMILES string of the molecule is O=C(NC1(c2ccc(-c3cn[nH]c3)cc2)CCNCC1)c1ccc(Oc2cccc(N3CCCCC3)c2)cc1. The summed E-state index contributed by atoms with van der Waals surface area (Å²) in [6.45, 7) is 3.90. The molecule has 0 radical (unpaired) electrons. The summed E-state index contributed by atoms with van der Waals surface area (Å²) >= 11 is 0. The summed E-state index contributed by atoms with van der Waals surface area (Å²) < 4.78 is 6.15. The second-order valence-electron chi connectivity index (χ2n) is 10.5. The van der Waals surface area contributed by atoms with Crippen LogP contribution in [0.3, 0.4) is 0 Å². The number of rotatable bonds is 7. The molecular formula is C32H35N5O2. The summed E-state index contributed by atoms with van der Waals surface area (Å²) in [6.07, 6.45) is 9.15. The molecular weight excluding hydrogens is 486 g/mol. The number of anilines is 1. The van der Waals surface area contributed by atoms with Gasteiger partial charge < -0.3 is 20.3 Å². The van der Waals surface area contributed by atoms with Gasteiger partial charge in [0.05, 0.1) is 11.7 Å². The molecule has 0 saturated carbocycles. The Bertz CT molecular complexity index is 1370. The minimum atomic E-state index is -0.415. The molecule has 2 aliphatic rings. The Balaban J connectivity index is 1.15. The van der Waals surface area contributed by atoms with Crippen LogP contribution in [0.2, 0.25) is 0 Å². The first-order valence-corrected chi connectivity index (χ1v) is 13.9. The Morgan fingerprint density at radius 3 is 2.36 bits per heavy atom. The third-order valence-corrected chi connectivity index (χ3v) is 7.97. The van der Waals surface area contributed by atoms with Gasteiger partial charge in [0.1, 0.15) is 11.5 Å². The molecule has 1 aromatic heterocycles. The van der Waals surface area contributed by atoms with Crippen molar-refractivity contribution in [3.05, 3.63) is 96.3 Å². The largest absolute Gasteiger partial charge is 0.457 e. The van der Waals surface area contributed by atoms with Crippen molar-refractivity contribution in [1.29, 1.82) is 0 Å². The van der Waals surface area contributed by atoms with Gasteiger partial charge in [0.15, 0.2) is 0 Å². The van der Waals surface area contributed by atoms with E-state index in [1.807, 2.05) is 48.8 Å². The first kappa shape index (κ1) is 25.2. The van der Waals surface area contributed by atoms with Crippen LogP contribution in [0.4, 0.5) is 5.69 Å². The van der Waals surface area contributed by atoms with E-state index >= 15 is 0 Å². The van der Waals surface area contributed by atoms with Gasteiger partial charge in [-0.2, -0.15) is 5.10 Å². The minimum Gasteiger partial charge on any atom is -0.457 e. The number of aromatic nitrogens is 2. The third kappa shape index (κ3) is 5.68. The fraction of sp³-hybridized carbons (Fsp3) is 0.312. The third-order valence-electron chi connectivity index (χ3n) is 7.97. The van der Waals surface area contributed by atoms with E-state index < -0.39 is 5.54 Å². The molecule has 0 atom stereocenters. The van der Waals surface area contributed by atoms with Crippen LogP contribution in [0, 0.1) is 0 Å². The van der Waals surface area contributed by atoms with Crippen molar-refractivity contribution in [2.75, 3.05) is 31.1 Å². The maximum absolute atomic E-state index is 13.4. The lowest BCUT2D eigenvalue weighted by molar-refractivity contribution is 0.0872. The van der Waals surface area contributed by atoms with Gasteiger partial charge in [-0.15, -0.1) is 0 Å². The number of carbonyl (C=O) groups is 1. The van der Waals surface area contributed by atoms with E-state index in [9.17, 15) is 4.79 Å². The Labute approximate surface area is 229 Å². The van der Waals surface area contributed by atoms with Crippen molar-refractivity contribution in [3.8, 4) is 22.6 Å². The molecule has 200 valence electrons. The monoisotopic (exact) mass is 521 g/mol. The van der Waals surface area contributed by atoms with Crippen molar-refractivity contribution in [2.45, 2.75) is 37.6 Å². The lowest BCUT2D eigenvalue weighted by Crippen LogP contribution is -2.52. The van der Waals surface area contributed by atoms with Crippen LogP contribution in [-0.2, 0) is 5.54 Å². The zero-order valence-corrected chi connectivity index (χ0v) is 22.2. The van der Waals surface area contributed by atoms with Crippen LogP contribution in [0.25, 0.3) is 11.1 Å². The highest BCUT2D eigenvalue weighted by Gasteiger charge is 2.35. The second kappa shape index (κ2) is 11.3. The summed E-state index contributed by atoms with van der Waals surface area (Å²) in [7, 11) is 0. The zero-order valence-electron chi connectivity index (χ0n) is 22.2. The molecule has 3 aromatic carbocycles. The highest BCUT2D eigenvalue weighted by molar-refractivity contribution is 5.95. The number of aromatic amines is 1. The smallest absolute Gasteiger partial charge is 0.251 e. The standard InChI is InChI=1S/C32H35N5O2/c38-31(36-32(15-17-33-18-16-32)27-11-7-24(8-12-27)26-22-34-35-23-26)25-9-13-29(14-10-25)39-30-6-4-5-28(21-30)37-19-2-1-3-20-37/h4-14,21-23,33H,1-3,15-20H2,(H,34,35)(H,36,38). The molecule has 2 saturated heterocycles. The van der Waals surface area contributed by atoms with Gasteiger partial charge in [0, 0.05) is 42.2 Å². The maximum atomic E-state index is 13.4. The molecule has 0 spiro atoms. The van der Waals surface area contributed by atoms with Crippen LogP contribution in [-0.4, -0.2) is 42.3 Å². The first-order valence-electron chi connectivity index (χ1n) is 13.9. The van der Waals surface area contributed by atoms with Crippen LogP contribution in [0.1, 0.15) is 48.0 Å². The van der Waals surface area contributed by atoms with E-state index in [2.05, 4.69) is 62.1 Å². The summed E-state index contributed by atoms with van der Waals surface area (Å²) in [6, 6.07) is 24.2. The molecule has 1 amide bonds. The second-order valence-corrected chi connectivity index (χ2v) is 10.5. The first-order chi connectivity index (χ1) is 19.2. The molecule has 7 nitrogen and oxygen atoms in total. The number of amides is 1. The Morgan fingerprint density at radius 1 is 0.872 bits per heavy atom. The van der Waals surface area contributed by atoms with E-state index in [4.69, 9.17) is 4.74 Å². The molecule has 2 fully saturated rings. The normalized spacial score (nSPS) is 17.0. The highest BCUT2D eigenvalue weighted by atomic mass is 16.5. The van der Waals surface area contributed by atoms with E-state index in [1.165, 1.54) is 24.9 Å². The van der Waals surface area contributed by atoms with Gasteiger partial charge in [0.25, 0.3) is 5.91 Å². The predicted octanol–water partition coefficient (Wildman–Crippen LogP) is 5.87. The quantitative estimate of drug-likeness (QED) is 0.283. The van der Waals surface area contributed by atoms with Crippen molar-refractivity contribution >= 4 is 11.6 Å². The van der Waals surface area contributed by atoms with Crippen molar-refractivity contribution in [1.82, 2.24) is 20.8 Å². The average Bonchev–Trinajstić information content (AvgIpc) is 3.54. The number of H-pyrrole nitrogens is 1. The summed E-state index contributed by atoms with van der Waals surface area (Å²) in [5.41, 5.74) is 4.68. The van der Waals surface area contributed by atoms with Gasteiger partial charge in [-0.3, -0.25) is 9.89 Å². The Morgan fingerprint density at radius 2 is 1.64 bits per heavy atom. The topological polar surface area (TPSA) is 82.3 Å². The number of hydrogen-bond donors (Lipinski definition) is 3. The number of benzene rings is 3. The van der Waals surface area contributed by atoms with Crippen molar-refractivity contribution in [3.63, 3.8) is 0 Å². The molecule has 0 unspecified atom stereocenters. The van der Waals surface area contributed by atoms with Gasteiger partial charge in [-0.05, 0) is 92.7 Å². The fourth-order valence-electron chi connectivity index (χ4n) is 5.73. The fourth-order valence-corrected chi connectivity index (χ4v) is 5.73. The Kier molecular flexibility index (Phi) is 7.32. The number of hydrogen-bond acceptors (Lipinski definition) is 5. The van der Waals surface area contributed by atoms with Crippen LogP contribution in [0.15, 0.2) is 85.2 Å². The summed E-state index contributed by atoms with van der Waals surface area (Å²) in [4.78, 5) is 15.9. The molecule has 0 aliphatic carbocycles. The number of nitrogens with one attached hydrogen (secondary N) is 3. The van der Waals surface area contributed by atoms with Gasteiger partial charge in [-0.25, -0.2) is 0 Å². The number of nitrogens with zero attached hydrogens (tertiary/aromatic N) is 2. The molecule has 39 heavy (non-hydrogen) atoms. The van der Waals surface area contributed by atoms with E-state index in [0.717, 1.165) is 61.5 Å². The predicted molar refractivity (Wildman–Crippen MR) is 154 cm³/mol. The minimum absolute atomic E-state index is 0.0746. The molecule has 0 bridgehead atoms. The van der Waals surface area contributed by atoms with Crippen molar-refractivity contribution < 1.29 is 9.53 Å². The number of ether oxygens (including phenoxy) is 1. The van der Waals surface area contributed by atoms with Crippen LogP contribution < -0.4 is 20.3 Å². The van der Waals surface area contributed by atoms with E-state index in [-0.39, 0.29) is 5.91 Å². The van der Waals surface area contributed by atoms with E-state index in [0.29, 0.717) is 11.3 Å². The molecule has 4 aromatic rings. The maximum Gasteiger partial charge on any atom is 0.251 e. The average molecular weight is 522 g/mol. The molecule has 6 rings (SSSR count). The lowest BCUT2D eigenvalue weighted by atomic mass is 9.80. The van der Waals surface area contributed by atoms with Crippen LogP contribution >= 0.6 is 0 Å². The number of carbonyl (C=O) groups excluding carboxylic acids is 1. The molecule has 2 aliphatic heterocycles. The van der Waals surface area contributed by atoms with Crippen molar-refractivity contribution in [2.24, 2.45) is 0 Å². The highest BCUT2D eigenvalue weighted by Crippen LogP contribution is 2.33. The zero-order chi connectivity index (χ0) is 26.5. The van der Waals surface area contributed by atoms with Gasteiger partial charge >= 0.3 is 0 Å². The summed E-state index contributed by atoms with van der Waals surface area (Å²) in [5, 5.41) is 13.7. The Hall–Kier alpha value is -4.10. The van der Waals surface area contributed by atoms with Gasteiger partial charge in [-0.1, -0.05) is 30.3 Å². The summed E-state index contributed by atoms with van der Waals surface area (Å²) in [5.74, 6) is 1.45. The van der Waals surface area contributed by atoms with Gasteiger partial charge in [0.2, 0.25) is 0 Å². The lowest BCUT2D eigenvalue weighted by Gasteiger charge is -2.39. The molecule has 3 heterocycles. The molecule has 7 heteroatoms.